The lowest BCUT2D eigenvalue weighted by Gasteiger charge is -2.18. The predicted molar refractivity (Wildman–Crippen MR) is 82.8 cm³/mol. The van der Waals surface area contributed by atoms with Crippen molar-refractivity contribution >= 4 is 5.91 Å². The Hall–Kier alpha value is -2.33. The highest BCUT2D eigenvalue weighted by atomic mass is 16.3. The molecular formula is C17H20N2O2. The Bertz CT molecular complexity index is 581. The van der Waals surface area contributed by atoms with Gasteiger partial charge in [0, 0.05) is 0 Å². The van der Waals surface area contributed by atoms with E-state index < -0.39 is 6.04 Å². The van der Waals surface area contributed by atoms with Gasteiger partial charge in [-0.25, -0.2) is 0 Å². The summed E-state index contributed by atoms with van der Waals surface area (Å²) in [7, 11) is 0. The van der Waals surface area contributed by atoms with Gasteiger partial charge in [-0.15, -0.1) is 0 Å². The lowest BCUT2D eigenvalue weighted by atomic mass is 10.0. The van der Waals surface area contributed by atoms with E-state index in [2.05, 4.69) is 5.32 Å². The first kappa shape index (κ1) is 15.1. The van der Waals surface area contributed by atoms with E-state index in [0.717, 1.165) is 11.1 Å². The number of amides is 1. The van der Waals surface area contributed by atoms with E-state index in [1.165, 1.54) is 0 Å². The molecule has 0 aliphatic heterocycles. The first-order valence-electron chi connectivity index (χ1n) is 6.95. The molecule has 0 aromatic heterocycles. The van der Waals surface area contributed by atoms with Crippen molar-refractivity contribution in [2.75, 3.05) is 0 Å². The van der Waals surface area contributed by atoms with Crippen LogP contribution in [0, 0.1) is 0 Å². The molecule has 0 fully saturated rings. The molecule has 4 nitrogen and oxygen atoms in total. The second kappa shape index (κ2) is 6.90. The molecule has 1 unspecified atom stereocenters. The summed E-state index contributed by atoms with van der Waals surface area (Å²) in [6.07, 6.45) is 0.438. The first-order valence-corrected chi connectivity index (χ1v) is 6.95. The van der Waals surface area contributed by atoms with Crippen molar-refractivity contribution in [1.82, 2.24) is 5.32 Å². The molecule has 2 aromatic carbocycles. The Kier molecular flexibility index (Phi) is 4.95. The molecular weight excluding hydrogens is 264 g/mol. The number of nitrogens with two attached hydrogens (primary N) is 1. The van der Waals surface area contributed by atoms with Crippen molar-refractivity contribution in [1.29, 1.82) is 0 Å². The van der Waals surface area contributed by atoms with Gasteiger partial charge in [0.25, 0.3) is 0 Å². The van der Waals surface area contributed by atoms with E-state index in [9.17, 15) is 9.90 Å². The maximum absolute atomic E-state index is 12.1. The predicted octanol–water partition coefficient (Wildman–Crippen LogP) is 2.14. The van der Waals surface area contributed by atoms with Crippen molar-refractivity contribution in [3.63, 3.8) is 0 Å². The zero-order valence-corrected chi connectivity index (χ0v) is 12.0. The molecule has 0 aliphatic rings. The largest absolute Gasteiger partial charge is 0.508 e. The zero-order valence-electron chi connectivity index (χ0n) is 12.0. The van der Waals surface area contributed by atoms with Crippen LogP contribution >= 0.6 is 0 Å². The maximum Gasteiger partial charge on any atom is 0.237 e. The van der Waals surface area contributed by atoms with Crippen LogP contribution in [0.25, 0.3) is 0 Å². The molecule has 0 aliphatic carbocycles. The highest BCUT2D eigenvalue weighted by Gasteiger charge is 2.16. The topological polar surface area (TPSA) is 75.4 Å². The van der Waals surface area contributed by atoms with Crippen LogP contribution in [0.5, 0.6) is 5.75 Å². The molecule has 4 heteroatoms. The van der Waals surface area contributed by atoms with Gasteiger partial charge in [-0.2, -0.15) is 0 Å². The minimum atomic E-state index is -0.610. The van der Waals surface area contributed by atoms with E-state index in [-0.39, 0.29) is 17.7 Å². The summed E-state index contributed by atoms with van der Waals surface area (Å²) in [5.41, 5.74) is 7.90. The van der Waals surface area contributed by atoms with E-state index >= 15 is 0 Å². The molecule has 2 rings (SSSR count). The summed E-state index contributed by atoms with van der Waals surface area (Å²) in [6.45, 7) is 1.93. The number of carbonyl (C=O) groups is 1. The van der Waals surface area contributed by atoms with Crippen LogP contribution in [0.2, 0.25) is 0 Å². The summed E-state index contributed by atoms with van der Waals surface area (Å²) in [5.74, 6) is 0.0221. The molecule has 0 saturated carbocycles. The minimum Gasteiger partial charge on any atom is -0.508 e. The summed E-state index contributed by atoms with van der Waals surface area (Å²) in [6, 6.07) is 15.8. The van der Waals surface area contributed by atoms with Crippen LogP contribution < -0.4 is 11.1 Å². The number of aromatic hydroxyl groups is 1. The lowest BCUT2D eigenvalue weighted by Crippen LogP contribution is -2.42. The number of phenols is 1. The Morgan fingerprint density at radius 1 is 1.14 bits per heavy atom. The van der Waals surface area contributed by atoms with Crippen molar-refractivity contribution < 1.29 is 9.90 Å². The van der Waals surface area contributed by atoms with Crippen LogP contribution in [0.1, 0.15) is 24.1 Å². The van der Waals surface area contributed by atoms with Crippen LogP contribution in [0.3, 0.4) is 0 Å². The second-order valence-electron chi connectivity index (χ2n) is 5.12. The Morgan fingerprint density at radius 3 is 2.38 bits per heavy atom. The lowest BCUT2D eigenvalue weighted by molar-refractivity contribution is -0.123. The smallest absolute Gasteiger partial charge is 0.237 e. The first-order chi connectivity index (χ1) is 10.1. The van der Waals surface area contributed by atoms with Gasteiger partial charge in [-0.05, 0) is 36.6 Å². The average Bonchev–Trinajstić information content (AvgIpc) is 2.50. The molecule has 0 bridgehead atoms. The van der Waals surface area contributed by atoms with Crippen molar-refractivity contribution in [3.8, 4) is 5.75 Å². The van der Waals surface area contributed by atoms with Gasteiger partial charge >= 0.3 is 0 Å². The molecule has 0 saturated heterocycles. The number of nitrogens with one attached hydrogen (secondary N) is 1. The molecule has 2 atom stereocenters. The van der Waals surface area contributed by atoms with Crippen molar-refractivity contribution in [2.45, 2.75) is 25.4 Å². The van der Waals surface area contributed by atoms with Gasteiger partial charge in [0.05, 0.1) is 12.1 Å². The second-order valence-corrected chi connectivity index (χ2v) is 5.12. The fourth-order valence-corrected chi connectivity index (χ4v) is 2.12. The Balaban J connectivity index is 1.92. The molecule has 110 valence electrons. The van der Waals surface area contributed by atoms with E-state index in [1.807, 2.05) is 37.3 Å². The summed E-state index contributed by atoms with van der Waals surface area (Å²) >= 11 is 0. The Labute approximate surface area is 124 Å². The van der Waals surface area contributed by atoms with Crippen LogP contribution in [0.4, 0.5) is 0 Å². The number of rotatable bonds is 5. The summed E-state index contributed by atoms with van der Waals surface area (Å²) < 4.78 is 0. The fraction of sp³-hybridized carbons (Fsp3) is 0.235. The van der Waals surface area contributed by atoms with Gasteiger partial charge in [0.15, 0.2) is 0 Å². The Morgan fingerprint density at radius 2 is 1.76 bits per heavy atom. The van der Waals surface area contributed by atoms with E-state index in [0.29, 0.717) is 6.42 Å². The van der Waals surface area contributed by atoms with Gasteiger partial charge < -0.3 is 16.2 Å². The molecule has 0 heterocycles. The van der Waals surface area contributed by atoms with E-state index in [1.54, 1.807) is 24.3 Å². The quantitative estimate of drug-likeness (QED) is 0.787. The SMILES string of the molecule is C[C@H](NC(=O)C(N)Cc1ccc(O)cc1)c1ccccc1. The third-order valence-corrected chi connectivity index (χ3v) is 3.39. The third-order valence-electron chi connectivity index (χ3n) is 3.39. The van der Waals surface area contributed by atoms with Gasteiger partial charge in [0.1, 0.15) is 5.75 Å². The monoisotopic (exact) mass is 284 g/mol. The third kappa shape index (κ3) is 4.33. The van der Waals surface area contributed by atoms with Crippen LogP contribution in [-0.4, -0.2) is 17.1 Å². The van der Waals surface area contributed by atoms with Gasteiger partial charge in [-0.3, -0.25) is 4.79 Å². The van der Waals surface area contributed by atoms with Gasteiger partial charge in [0.2, 0.25) is 5.91 Å². The van der Waals surface area contributed by atoms with E-state index in [4.69, 9.17) is 5.73 Å². The zero-order chi connectivity index (χ0) is 15.2. The fourth-order valence-electron chi connectivity index (χ4n) is 2.12. The van der Waals surface area contributed by atoms with Gasteiger partial charge in [-0.1, -0.05) is 42.5 Å². The van der Waals surface area contributed by atoms with Crippen molar-refractivity contribution in [3.05, 3.63) is 65.7 Å². The average molecular weight is 284 g/mol. The summed E-state index contributed by atoms with van der Waals surface area (Å²) in [5, 5.41) is 12.1. The molecule has 0 radical (unpaired) electrons. The molecule has 4 N–H and O–H groups in total. The number of phenolic OH excluding ortho intramolecular Hbond substituents is 1. The van der Waals surface area contributed by atoms with Crippen molar-refractivity contribution in [2.24, 2.45) is 5.73 Å². The highest BCUT2D eigenvalue weighted by Crippen LogP contribution is 2.13. The number of hydrogen-bond acceptors (Lipinski definition) is 3. The normalized spacial score (nSPS) is 13.4. The number of carbonyl (C=O) groups excluding carboxylic acids is 1. The van der Waals surface area contributed by atoms with Crippen LogP contribution in [0.15, 0.2) is 54.6 Å². The standard InChI is InChI=1S/C17H20N2O2/c1-12(14-5-3-2-4-6-14)19-17(21)16(18)11-13-7-9-15(20)10-8-13/h2-10,12,16,20H,11,18H2,1H3,(H,19,21)/t12-,16?/m0/s1. The minimum absolute atomic E-state index is 0.0791. The molecule has 2 aromatic rings. The molecule has 21 heavy (non-hydrogen) atoms. The number of benzene rings is 2. The molecule has 1 amide bonds. The van der Waals surface area contributed by atoms with Crippen LogP contribution in [-0.2, 0) is 11.2 Å². The highest BCUT2D eigenvalue weighted by molar-refractivity contribution is 5.82. The maximum atomic E-state index is 12.1. The number of hydrogen-bond donors (Lipinski definition) is 3. The summed E-state index contributed by atoms with van der Waals surface area (Å²) in [4.78, 5) is 12.1. The molecule has 0 spiro atoms.